The van der Waals surface area contributed by atoms with Crippen molar-refractivity contribution in [1.82, 2.24) is 0 Å². The fourth-order valence-corrected chi connectivity index (χ4v) is 7.08. The lowest BCUT2D eigenvalue weighted by Crippen LogP contribution is -2.42. The van der Waals surface area contributed by atoms with Gasteiger partial charge in [0.25, 0.3) is 0 Å². The third-order valence-corrected chi connectivity index (χ3v) is 9.96. The van der Waals surface area contributed by atoms with Crippen LogP contribution in [0.25, 0.3) is 0 Å². The third-order valence-electron chi connectivity index (χ3n) is 9.96. The maximum atomic E-state index is 7.06. The van der Waals surface area contributed by atoms with Gasteiger partial charge >= 0.3 is 0 Å². The highest BCUT2D eigenvalue weighted by Crippen LogP contribution is 2.35. The van der Waals surface area contributed by atoms with Gasteiger partial charge in [0.1, 0.15) is 24.1 Å². The smallest absolute Gasteiger partial charge is 0.184 e. The number of hydrogen-bond donors (Lipinski definition) is 0. The van der Waals surface area contributed by atoms with Gasteiger partial charge in [0.2, 0.25) is 0 Å². The minimum absolute atomic E-state index is 0.0696. The Morgan fingerprint density at radius 2 is 1.23 bits per heavy atom. The molecule has 0 aliphatic carbocycles. The van der Waals surface area contributed by atoms with E-state index in [4.69, 9.17) is 37.9 Å². The zero-order valence-electron chi connectivity index (χ0n) is 29.9. The number of ether oxygens (including phenoxy) is 8. The largest absolute Gasteiger partial charge is 0.497 e. The second-order valence-corrected chi connectivity index (χ2v) is 13.7. The molecule has 274 valence electrons. The van der Waals surface area contributed by atoms with Crippen molar-refractivity contribution < 1.29 is 37.9 Å². The van der Waals surface area contributed by atoms with Gasteiger partial charge in [-0.2, -0.15) is 0 Å². The van der Waals surface area contributed by atoms with Crippen molar-refractivity contribution in [2.24, 2.45) is 0 Å². The van der Waals surface area contributed by atoms with Crippen LogP contribution in [0.3, 0.4) is 0 Å². The molecule has 7 atom stereocenters. The topological polar surface area (TPSA) is 73.8 Å². The quantitative estimate of drug-likeness (QED) is 0.129. The van der Waals surface area contributed by atoms with Gasteiger partial charge in [-0.3, -0.25) is 0 Å². The van der Waals surface area contributed by atoms with Crippen LogP contribution in [0.2, 0.25) is 0 Å². The lowest BCUT2D eigenvalue weighted by atomic mass is 10.0. The number of rotatable bonds is 14. The summed E-state index contributed by atoms with van der Waals surface area (Å²) in [6, 6.07) is 38.6. The summed E-state index contributed by atoms with van der Waals surface area (Å²) in [7, 11) is 1.68. The molecule has 0 radical (unpaired) electrons. The van der Waals surface area contributed by atoms with Crippen LogP contribution in [0, 0.1) is 0 Å². The number of hydrogen-bond acceptors (Lipinski definition) is 8. The predicted molar refractivity (Wildman–Crippen MR) is 197 cm³/mol. The molecule has 0 saturated carbocycles. The Labute approximate surface area is 307 Å². The first kappa shape index (κ1) is 36.3. The van der Waals surface area contributed by atoms with E-state index in [2.05, 4.69) is 30.3 Å². The minimum atomic E-state index is -0.391. The number of allylic oxidation sites excluding steroid dienone is 1. The zero-order chi connectivity index (χ0) is 35.4. The van der Waals surface area contributed by atoms with E-state index in [0.29, 0.717) is 39.5 Å². The molecule has 0 bridgehead atoms. The molecule has 0 N–H and O–H groups in total. The van der Waals surface area contributed by atoms with Crippen LogP contribution >= 0.6 is 0 Å². The summed E-state index contributed by atoms with van der Waals surface area (Å²) in [5, 5.41) is 0. The molecule has 4 aromatic carbocycles. The van der Waals surface area contributed by atoms with Crippen LogP contribution in [-0.4, -0.2) is 56.9 Å². The average Bonchev–Trinajstić information content (AvgIpc) is 3.50. The number of fused-ring (bicyclic) bond motifs is 1. The van der Waals surface area contributed by atoms with Gasteiger partial charge in [0.05, 0.1) is 64.2 Å². The molecule has 8 nitrogen and oxygen atoms in total. The van der Waals surface area contributed by atoms with Gasteiger partial charge in [-0.15, -0.1) is 0 Å². The highest BCUT2D eigenvalue weighted by Gasteiger charge is 2.39. The van der Waals surface area contributed by atoms with Gasteiger partial charge < -0.3 is 37.9 Å². The Bertz CT molecular complexity index is 1650. The Morgan fingerprint density at radius 3 is 1.90 bits per heavy atom. The third kappa shape index (κ3) is 10.1. The number of benzene rings is 4. The maximum Gasteiger partial charge on any atom is 0.184 e. The van der Waals surface area contributed by atoms with Crippen LogP contribution < -0.4 is 4.74 Å². The first-order valence-electron chi connectivity index (χ1n) is 18.5. The predicted octanol–water partition coefficient (Wildman–Crippen LogP) is 8.50. The molecule has 0 amide bonds. The SMILES string of the molecule is COc1ccc(CO[C@H]2CC[C@@H](OCc3ccccc3)[C@H](COCc3ccccc3)OC2CC2=CCC[C@@H]3O[C@H](c4ccccc4)OC[C@H]3O2)cc1. The molecule has 0 aromatic heterocycles. The van der Waals surface area contributed by atoms with E-state index in [-0.39, 0.29) is 36.6 Å². The van der Waals surface area contributed by atoms with Crippen molar-refractivity contribution in [2.75, 3.05) is 20.3 Å². The second-order valence-electron chi connectivity index (χ2n) is 13.7. The standard InChI is InChI=1S/C44H50O8/c1-45-36-22-20-34(21-23-36)29-47-38-24-25-39(48-28-33-14-7-3-8-15-33)42(30-46-27-32-12-5-2-6-13-32)51-41(38)26-37-18-11-19-40-43(50-37)31-49-44(52-40)35-16-9-4-10-17-35/h2-10,12-18,20-23,38-44H,11,19,24-31H2,1H3/t38-,39+,40-,41?,42-,43+,44+/m0/s1. The van der Waals surface area contributed by atoms with Gasteiger partial charge in [0, 0.05) is 12.0 Å². The Hall–Kier alpha value is -4.02. The summed E-state index contributed by atoms with van der Waals surface area (Å²) in [5.41, 5.74) is 4.33. The minimum Gasteiger partial charge on any atom is -0.497 e. The van der Waals surface area contributed by atoms with Gasteiger partial charge in [-0.1, -0.05) is 103 Å². The molecule has 7 rings (SSSR count). The van der Waals surface area contributed by atoms with E-state index < -0.39 is 6.29 Å². The molecule has 3 aliphatic rings. The van der Waals surface area contributed by atoms with Crippen molar-refractivity contribution in [3.63, 3.8) is 0 Å². The molecule has 1 unspecified atom stereocenters. The lowest BCUT2D eigenvalue weighted by molar-refractivity contribution is -0.260. The molecule has 2 saturated heterocycles. The number of methoxy groups -OCH3 is 1. The summed E-state index contributed by atoms with van der Waals surface area (Å²) in [4.78, 5) is 0. The zero-order valence-corrected chi connectivity index (χ0v) is 29.9. The van der Waals surface area contributed by atoms with E-state index in [1.165, 1.54) is 0 Å². The molecule has 3 aliphatic heterocycles. The Morgan fingerprint density at radius 1 is 0.615 bits per heavy atom. The second kappa shape index (κ2) is 18.6. The van der Waals surface area contributed by atoms with Gasteiger partial charge in [-0.25, -0.2) is 0 Å². The van der Waals surface area contributed by atoms with Crippen molar-refractivity contribution in [2.45, 2.75) is 94.8 Å². The Kier molecular flexibility index (Phi) is 13.0. The summed E-state index contributed by atoms with van der Waals surface area (Å²) in [5.74, 6) is 1.70. The van der Waals surface area contributed by atoms with Crippen LogP contribution in [0.4, 0.5) is 0 Å². The molecule has 3 heterocycles. The monoisotopic (exact) mass is 706 g/mol. The van der Waals surface area contributed by atoms with E-state index >= 15 is 0 Å². The normalized spacial score (nSPS) is 26.2. The fraction of sp³-hybridized carbons (Fsp3) is 0.409. The highest BCUT2D eigenvalue weighted by atomic mass is 16.7. The summed E-state index contributed by atoms with van der Waals surface area (Å²) in [6.45, 7) is 2.29. The average molecular weight is 707 g/mol. The Balaban J connectivity index is 1.07. The summed E-state index contributed by atoms with van der Waals surface area (Å²) < 4.78 is 51.4. The van der Waals surface area contributed by atoms with Gasteiger partial charge in [0.15, 0.2) is 6.29 Å². The van der Waals surface area contributed by atoms with E-state index in [0.717, 1.165) is 59.4 Å². The van der Waals surface area contributed by atoms with Crippen molar-refractivity contribution in [1.29, 1.82) is 0 Å². The van der Waals surface area contributed by atoms with Crippen LogP contribution in [0.1, 0.15) is 60.6 Å². The molecule has 0 spiro atoms. The van der Waals surface area contributed by atoms with Crippen molar-refractivity contribution >= 4 is 0 Å². The van der Waals surface area contributed by atoms with E-state index in [9.17, 15) is 0 Å². The first-order valence-corrected chi connectivity index (χ1v) is 18.5. The van der Waals surface area contributed by atoms with Crippen LogP contribution in [0.5, 0.6) is 5.75 Å². The van der Waals surface area contributed by atoms with Crippen molar-refractivity contribution in [3.05, 3.63) is 149 Å². The van der Waals surface area contributed by atoms with Crippen molar-refractivity contribution in [3.8, 4) is 5.75 Å². The molecule has 2 fully saturated rings. The summed E-state index contributed by atoms with van der Waals surface area (Å²) in [6.07, 6.45) is 4.33. The fourth-order valence-electron chi connectivity index (χ4n) is 7.08. The highest BCUT2D eigenvalue weighted by molar-refractivity contribution is 5.26. The summed E-state index contributed by atoms with van der Waals surface area (Å²) >= 11 is 0. The van der Waals surface area contributed by atoms with Crippen LogP contribution in [-0.2, 0) is 53.0 Å². The van der Waals surface area contributed by atoms with Gasteiger partial charge in [-0.05, 0) is 60.6 Å². The lowest BCUT2D eigenvalue weighted by Gasteiger charge is -2.36. The first-order chi connectivity index (χ1) is 25.7. The van der Waals surface area contributed by atoms with Crippen LogP contribution in [0.15, 0.2) is 127 Å². The molecule has 52 heavy (non-hydrogen) atoms. The van der Waals surface area contributed by atoms with E-state index in [1.54, 1.807) is 7.11 Å². The molecule has 8 heteroatoms. The van der Waals surface area contributed by atoms with E-state index in [1.807, 2.05) is 91.0 Å². The maximum absolute atomic E-state index is 7.06. The molecular formula is C44H50O8. The molecular weight excluding hydrogens is 656 g/mol. The molecule has 4 aromatic rings.